The van der Waals surface area contributed by atoms with Crippen LogP contribution in [0.15, 0.2) is 53.0 Å². The fraction of sp³-hybridized carbons (Fsp3) is 0.294. The molecule has 2 aromatic carbocycles. The summed E-state index contributed by atoms with van der Waals surface area (Å²) in [6, 6.07) is 14.3. The van der Waals surface area contributed by atoms with Gasteiger partial charge in [-0.05, 0) is 48.9 Å². The van der Waals surface area contributed by atoms with E-state index in [0.29, 0.717) is 13.0 Å². The number of aliphatic hydroxyl groups excluding tert-OH is 1. The molecule has 2 aromatic rings. The second-order valence-corrected chi connectivity index (χ2v) is 6.14. The smallest absolute Gasteiger partial charge is 0.123 e. The van der Waals surface area contributed by atoms with E-state index in [4.69, 9.17) is 0 Å². The lowest BCUT2D eigenvalue weighted by Crippen LogP contribution is -2.21. The summed E-state index contributed by atoms with van der Waals surface area (Å²) in [5, 5.41) is 10.2. The van der Waals surface area contributed by atoms with Crippen LogP contribution >= 0.6 is 15.9 Å². The van der Waals surface area contributed by atoms with Crippen molar-refractivity contribution in [2.24, 2.45) is 0 Å². The monoisotopic (exact) mass is 351 g/mol. The van der Waals surface area contributed by atoms with Crippen LogP contribution in [0, 0.1) is 5.82 Å². The maximum absolute atomic E-state index is 13.1. The van der Waals surface area contributed by atoms with Crippen LogP contribution in [0.3, 0.4) is 0 Å². The number of hydrogen-bond donors (Lipinski definition) is 1. The largest absolute Gasteiger partial charge is 0.388 e. The van der Waals surface area contributed by atoms with Crippen molar-refractivity contribution in [3.05, 3.63) is 69.9 Å². The van der Waals surface area contributed by atoms with Crippen molar-refractivity contribution < 1.29 is 9.50 Å². The van der Waals surface area contributed by atoms with Crippen molar-refractivity contribution in [3.8, 4) is 0 Å². The van der Waals surface area contributed by atoms with E-state index in [1.54, 1.807) is 12.1 Å². The first kappa shape index (κ1) is 16.1. The van der Waals surface area contributed by atoms with Gasteiger partial charge in [-0.3, -0.25) is 0 Å². The Labute approximate surface area is 133 Å². The van der Waals surface area contributed by atoms with Crippen LogP contribution in [0.5, 0.6) is 0 Å². The molecule has 0 amide bonds. The van der Waals surface area contributed by atoms with Gasteiger partial charge >= 0.3 is 0 Å². The first-order valence-electron chi connectivity index (χ1n) is 6.91. The standard InChI is InChI=1S/C17H19BrFNO/c1-20(12-13-3-2-4-16(19)11-13)10-9-17(21)14-5-7-15(18)8-6-14/h2-8,11,17,21H,9-10,12H2,1H3. The fourth-order valence-electron chi connectivity index (χ4n) is 2.22. The first-order valence-corrected chi connectivity index (χ1v) is 7.70. The molecule has 1 atom stereocenters. The lowest BCUT2D eigenvalue weighted by Gasteiger charge is -2.19. The molecule has 2 nitrogen and oxygen atoms in total. The van der Waals surface area contributed by atoms with E-state index in [1.165, 1.54) is 6.07 Å². The Hall–Kier alpha value is -1.23. The van der Waals surface area contributed by atoms with Crippen LogP contribution in [0.2, 0.25) is 0 Å². The molecular formula is C17H19BrFNO. The Balaban J connectivity index is 1.83. The van der Waals surface area contributed by atoms with Gasteiger partial charge in [-0.1, -0.05) is 40.2 Å². The molecule has 4 heteroatoms. The van der Waals surface area contributed by atoms with E-state index in [1.807, 2.05) is 37.4 Å². The molecule has 0 radical (unpaired) electrons. The fourth-order valence-corrected chi connectivity index (χ4v) is 2.48. The van der Waals surface area contributed by atoms with Gasteiger partial charge in [0.15, 0.2) is 0 Å². The second kappa shape index (κ2) is 7.69. The molecule has 0 aliphatic carbocycles. The zero-order chi connectivity index (χ0) is 15.2. The molecule has 0 spiro atoms. The number of aliphatic hydroxyl groups is 1. The topological polar surface area (TPSA) is 23.5 Å². The van der Waals surface area contributed by atoms with E-state index in [0.717, 1.165) is 22.1 Å². The van der Waals surface area contributed by atoms with E-state index in [2.05, 4.69) is 20.8 Å². The highest BCUT2D eigenvalue weighted by atomic mass is 79.9. The highest BCUT2D eigenvalue weighted by Gasteiger charge is 2.09. The van der Waals surface area contributed by atoms with Crippen LogP contribution in [0.4, 0.5) is 4.39 Å². The average molecular weight is 352 g/mol. The van der Waals surface area contributed by atoms with E-state index < -0.39 is 6.10 Å². The van der Waals surface area contributed by atoms with Gasteiger partial charge in [-0.25, -0.2) is 4.39 Å². The molecule has 21 heavy (non-hydrogen) atoms. The molecule has 2 rings (SSSR count). The SMILES string of the molecule is CN(CCC(O)c1ccc(Br)cc1)Cc1cccc(F)c1. The summed E-state index contributed by atoms with van der Waals surface area (Å²) in [6.45, 7) is 1.42. The predicted octanol–water partition coefficient (Wildman–Crippen LogP) is 4.14. The van der Waals surface area contributed by atoms with Crippen LogP contribution in [0.25, 0.3) is 0 Å². The normalized spacial score (nSPS) is 12.6. The van der Waals surface area contributed by atoms with E-state index in [-0.39, 0.29) is 5.82 Å². The molecule has 0 aliphatic rings. The molecule has 0 bridgehead atoms. The molecule has 1 N–H and O–H groups in total. The number of nitrogens with zero attached hydrogens (tertiary/aromatic N) is 1. The maximum Gasteiger partial charge on any atom is 0.123 e. The Bertz CT molecular complexity index is 573. The minimum Gasteiger partial charge on any atom is -0.388 e. The third-order valence-corrected chi connectivity index (χ3v) is 3.91. The van der Waals surface area contributed by atoms with Gasteiger partial charge in [0.05, 0.1) is 6.10 Å². The Morgan fingerprint density at radius 2 is 1.90 bits per heavy atom. The summed E-state index contributed by atoms with van der Waals surface area (Å²) < 4.78 is 14.1. The first-order chi connectivity index (χ1) is 10.0. The van der Waals surface area contributed by atoms with Crippen molar-refractivity contribution in [2.45, 2.75) is 19.1 Å². The lowest BCUT2D eigenvalue weighted by atomic mass is 10.1. The highest BCUT2D eigenvalue weighted by molar-refractivity contribution is 9.10. The molecule has 0 saturated heterocycles. The molecular weight excluding hydrogens is 333 g/mol. The van der Waals surface area contributed by atoms with Gasteiger partial charge in [-0.15, -0.1) is 0 Å². The van der Waals surface area contributed by atoms with Crippen LogP contribution < -0.4 is 0 Å². The Morgan fingerprint density at radius 1 is 1.19 bits per heavy atom. The van der Waals surface area contributed by atoms with E-state index >= 15 is 0 Å². The number of benzene rings is 2. The van der Waals surface area contributed by atoms with Crippen molar-refractivity contribution in [2.75, 3.05) is 13.6 Å². The molecule has 0 fully saturated rings. The maximum atomic E-state index is 13.1. The average Bonchev–Trinajstić information content (AvgIpc) is 2.45. The highest BCUT2D eigenvalue weighted by Crippen LogP contribution is 2.20. The summed E-state index contributed by atoms with van der Waals surface area (Å²) in [4.78, 5) is 2.08. The molecule has 0 saturated carbocycles. The third kappa shape index (κ3) is 5.23. The summed E-state index contributed by atoms with van der Waals surface area (Å²) in [5.41, 5.74) is 1.85. The van der Waals surface area contributed by atoms with Crippen LogP contribution in [-0.4, -0.2) is 23.6 Å². The van der Waals surface area contributed by atoms with Gasteiger partial charge in [0.1, 0.15) is 5.82 Å². The van der Waals surface area contributed by atoms with Crippen molar-refractivity contribution >= 4 is 15.9 Å². The summed E-state index contributed by atoms with van der Waals surface area (Å²) >= 11 is 3.38. The molecule has 112 valence electrons. The quantitative estimate of drug-likeness (QED) is 0.845. The summed E-state index contributed by atoms with van der Waals surface area (Å²) in [5.74, 6) is -0.212. The third-order valence-electron chi connectivity index (χ3n) is 3.38. The molecule has 0 aliphatic heterocycles. The van der Waals surface area contributed by atoms with E-state index in [9.17, 15) is 9.50 Å². The summed E-state index contributed by atoms with van der Waals surface area (Å²) in [6.07, 6.45) is 0.168. The van der Waals surface area contributed by atoms with Gasteiger partial charge in [0.25, 0.3) is 0 Å². The van der Waals surface area contributed by atoms with Crippen molar-refractivity contribution in [1.82, 2.24) is 4.90 Å². The number of rotatable bonds is 6. The predicted molar refractivity (Wildman–Crippen MR) is 86.5 cm³/mol. The van der Waals surface area contributed by atoms with Crippen LogP contribution in [0.1, 0.15) is 23.7 Å². The van der Waals surface area contributed by atoms with Crippen molar-refractivity contribution in [3.63, 3.8) is 0 Å². The number of halogens is 2. The van der Waals surface area contributed by atoms with Gasteiger partial charge in [0.2, 0.25) is 0 Å². The lowest BCUT2D eigenvalue weighted by molar-refractivity contribution is 0.147. The minimum atomic E-state index is -0.479. The van der Waals surface area contributed by atoms with Gasteiger partial charge in [0, 0.05) is 17.6 Å². The van der Waals surface area contributed by atoms with Crippen LogP contribution in [-0.2, 0) is 6.54 Å². The van der Waals surface area contributed by atoms with Crippen molar-refractivity contribution in [1.29, 1.82) is 0 Å². The minimum absolute atomic E-state index is 0.212. The molecule has 0 aromatic heterocycles. The molecule has 1 unspecified atom stereocenters. The summed E-state index contributed by atoms with van der Waals surface area (Å²) in [7, 11) is 1.97. The Morgan fingerprint density at radius 3 is 2.57 bits per heavy atom. The number of hydrogen-bond acceptors (Lipinski definition) is 2. The Kier molecular flexibility index (Phi) is 5.91. The zero-order valence-corrected chi connectivity index (χ0v) is 13.6. The zero-order valence-electron chi connectivity index (χ0n) is 12.0. The second-order valence-electron chi connectivity index (χ2n) is 5.22. The van der Waals surface area contributed by atoms with Gasteiger partial charge in [-0.2, -0.15) is 0 Å². The molecule has 0 heterocycles. The van der Waals surface area contributed by atoms with Gasteiger partial charge < -0.3 is 10.0 Å².